The first kappa shape index (κ1) is 14.0. The second-order valence-corrected chi connectivity index (χ2v) is 4.56. The molecule has 4 nitrogen and oxygen atoms in total. The van der Waals surface area contributed by atoms with Crippen molar-refractivity contribution in [3.8, 4) is 5.75 Å². The molecule has 1 atom stereocenters. The van der Waals surface area contributed by atoms with Gasteiger partial charge >= 0.3 is 5.97 Å². The number of carbonyl (C=O) groups is 1. The molecule has 0 bridgehead atoms. The Morgan fingerprint density at radius 1 is 1.26 bits per heavy atom. The maximum absolute atomic E-state index is 11.6. The molecule has 0 saturated carbocycles. The number of esters is 1. The summed E-state index contributed by atoms with van der Waals surface area (Å²) in [7, 11) is 0. The fourth-order valence-electron chi connectivity index (χ4n) is 1.94. The van der Waals surface area contributed by atoms with Crippen molar-refractivity contribution in [2.24, 2.45) is 0 Å². The van der Waals surface area contributed by atoms with Gasteiger partial charge in [-0.25, -0.2) is 0 Å². The van der Waals surface area contributed by atoms with Gasteiger partial charge < -0.3 is 14.2 Å². The summed E-state index contributed by atoms with van der Waals surface area (Å²) in [6, 6.07) is 9.10. The van der Waals surface area contributed by atoms with Gasteiger partial charge in [0, 0.05) is 13.0 Å². The standard InChI is InChI=1S/C15H20O4/c16-14(19-13-7-2-1-3-8-13)9-6-12-18-15-10-4-5-11-17-15/h1-3,7-8,15H,4-6,9-12H2. The predicted octanol–water partition coefficient (Wildman–Crippen LogP) is 2.92. The van der Waals surface area contributed by atoms with Crippen molar-refractivity contribution in [1.29, 1.82) is 0 Å². The third kappa shape index (κ3) is 5.41. The summed E-state index contributed by atoms with van der Waals surface area (Å²) in [4.78, 5) is 11.6. The molecule has 2 rings (SSSR count). The largest absolute Gasteiger partial charge is 0.427 e. The van der Waals surface area contributed by atoms with E-state index in [4.69, 9.17) is 14.2 Å². The van der Waals surface area contributed by atoms with E-state index in [1.165, 1.54) is 0 Å². The molecule has 1 heterocycles. The van der Waals surface area contributed by atoms with Gasteiger partial charge in [0.05, 0.1) is 6.61 Å². The van der Waals surface area contributed by atoms with E-state index in [1.807, 2.05) is 18.2 Å². The second kappa shape index (κ2) is 7.92. The molecule has 0 amide bonds. The molecule has 1 saturated heterocycles. The lowest BCUT2D eigenvalue weighted by Crippen LogP contribution is -2.23. The van der Waals surface area contributed by atoms with Gasteiger partial charge in [-0.1, -0.05) is 18.2 Å². The van der Waals surface area contributed by atoms with Gasteiger partial charge in [-0.15, -0.1) is 0 Å². The van der Waals surface area contributed by atoms with Crippen molar-refractivity contribution in [2.45, 2.75) is 38.4 Å². The van der Waals surface area contributed by atoms with Crippen molar-refractivity contribution in [3.63, 3.8) is 0 Å². The fraction of sp³-hybridized carbons (Fsp3) is 0.533. The van der Waals surface area contributed by atoms with Crippen LogP contribution in [0, 0.1) is 0 Å². The second-order valence-electron chi connectivity index (χ2n) is 4.56. The van der Waals surface area contributed by atoms with Crippen molar-refractivity contribution in [3.05, 3.63) is 30.3 Å². The van der Waals surface area contributed by atoms with Crippen molar-refractivity contribution in [1.82, 2.24) is 0 Å². The Kier molecular flexibility index (Phi) is 5.85. The Labute approximate surface area is 113 Å². The molecule has 0 spiro atoms. The third-order valence-electron chi connectivity index (χ3n) is 2.94. The summed E-state index contributed by atoms with van der Waals surface area (Å²) < 4.78 is 16.2. The molecule has 4 heteroatoms. The van der Waals surface area contributed by atoms with Crippen LogP contribution in [0.4, 0.5) is 0 Å². The van der Waals surface area contributed by atoms with E-state index in [0.29, 0.717) is 25.2 Å². The SMILES string of the molecule is O=C(CCCOC1CCCCO1)Oc1ccccc1. The zero-order chi connectivity index (χ0) is 13.3. The first-order valence-electron chi connectivity index (χ1n) is 6.83. The molecule has 1 aromatic rings. The van der Waals surface area contributed by atoms with Crippen LogP contribution in [-0.2, 0) is 14.3 Å². The topological polar surface area (TPSA) is 44.8 Å². The Morgan fingerprint density at radius 2 is 2.11 bits per heavy atom. The van der Waals surface area contributed by atoms with Gasteiger partial charge in [0.1, 0.15) is 5.75 Å². The fourth-order valence-corrected chi connectivity index (χ4v) is 1.94. The number of carbonyl (C=O) groups excluding carboxylic acids is 1. The smallest absolute Gasteiger partial charge is 0.311 e. The van der Waals surface area contributed by atoms with Gasteiger partial charge in [0.25, 0.3) is 0 Å². The van der Waals surface area contributed by atoms with Crippen LogP contribution >= 0.6 is 0 Å². The zero-order valence-electron chi connectivity index (χ0n) is 11.0. The summed E-state index contributed by atoms with van der Waals surface area (Å²) in [5.41, 5.74) is 0. The lowest BCUT2D eigenvalue weighted by Gasteiger charge is -2.22. The number of hydrogen-bond donors (Lipinski definition) is 0. The lowest BCUT2D eigenvalue weighted by molar-refractivity contribution is -0.164. The minimum atomic E-state index is -0.223. The first-order valence-corrected chi connectivity index (χ1v) is 6.83. The number of ether oxygens (including phenoxy) is 3. The van der Waals surface area contributed by atoms with E-state index in [1.54, 1.807) is 12.1 Å². The van der Waals surface area contributed by atoms with Crippen LogP contribution in [0.1, 0.15) is 32.1 Å². The van der Waals surface area contributed by atoms with Crippen molar-refractivity contribution < 1.29 is 19.0 Å². The lowest BCUT2D eigenvalue weighted by atomic mass is 10.2. The van der Waals surface area contributed by atoms with Crippen LogP contribution in [-0.4, -0.2) is 25.5 Å². The number of rotatable bonds is 6. The van der Waals surface area contributed by atoms with E-state index in [0.717, 1.165) is 25.9 Å². The molecule has 1 aromatic carbocycles. The Balaban J connectivity index is 1.56. The summed E-state index contributed by atoms with van der Waals surface area (Å²) >= 11 is 0. The summed E-state index contributed by atoms with van der Waals surface area (Å²) in [6.45, 7) is 1.31. The van der Waals surface area contributed by atoms with Crippen LogP contribution < -0.4 is 4.74 Å². The van der Waals surface area contributed by atoms with Gasteiger partial charge in [0.15, 0.2) is 6.29 Å². The van der Waals surface area contributed by atoms with Gasteiger partial charge in [0.2, 0.25) is 0 Å². The molecule has 0 radical (unpaired) electrons. The molecule has 1 aliphatic heterocycles. The van der Waals surface area contributed by atoms with Crippen LogP contribution in [0.5, 0.6) is 5.75 Å². The monoisotopic (exact) mass is 264 g/mol. The van der Waals surface area contributed by atoms with E-state index >= 15 is 0 Å². The summed E-state index contributed by atoms with van der Waals surface area (Å²) in [6.07, 6.45) is 4.16. The normalized spacial score (nSPS) is 19.1. The molecule has 19 heavy (non-hydrogen) atoms. The Bertz CT molecular complexity index is 371. The highest BCUT2D eigenvalue weighted by Crippen LogP contribution is 2.14. The predicted molar refractivity (Wildman–Crippen MR) is 70.9 cm³/mol. The molecule has 1 fully saturated rings. The molecule has 0 aliphatic carbocycles. The zero-order valence-corrected chi connectivity index (χ0v) is 11.0. The van der Waals surface area contributed by atoms with Crippen molar-refractivity contribution in [2.75, 3.05) is 13.2 Å². The van der Waals surface area contributed by atoms with E-state index < -0.39 is 0 Å². The minimum Gasteiger partial charge on any atom is -0.427 e. The molecular formula is C15H20O4. The average Bonchev–Trinajstić information content (AvgIpc) is 2.46. The minimum absolute atomic E-state index is 0.0844. The maximum atomic E-state index is 11.6. The quantitative estimate of drug-likeness (QED) is 0.450. The third-order valence-corrected chi connectivity index (χ3v) is 2.94. The highest BCUT2D eigenvalue weighted by Gasteiger charge is 2.13. The number of hydrogen-bond acceptors (Lipinski definition) is 4. The average molecular weight is 264 g/mol. The maximum Gasteiger partial charge on any atom is 0.311 e. The van der Waals surface area contributed by atoms with Gasteiger partial charge in [-0.05, 0) is 37.8 Å². The van der Waals surface area contributed by atoms with Gasteiger partial charge in [-0.2, -0.15) is 0 Å². The van der Waals surface area contributed by atoms with E-state index in [-0.39, 0.29) is 12.3 Å². The number of para-hydroxylation sites is 1. The first-order chi connectivity index (χ1) is 9.34. The Morgan fingerprint density at radius 3 is 2.84 bits per heavy atom. The molecule has 1 unspecified atom stereocenters. The molecule has 0 aromatic heterocycles. The highest BCUT2D eigenvalue weighted by atomic mass is 16.7. The van der Waals surface area contributed by atoms with Gasteiger partial charge in [-0.3, -0.25) is 4.79 Å². The molecule has 104 valence electrons. The van der Waals surface area contributed by atoms with E-state index in [9.17, 15) is 4.79 Å². The molecule has 1 aliphatic rings. The summed E-state index contributed by atoms with van der Waals surface area (Å²) in [5, 5.41) is 0. The van der Waals surface area contributed by atoms with Crippen LogP contribution in [0.3, 0.4) is 0 Å². The van der Waals surface area contributed by atoms with Crippen molar-refractivity contribution >= 4 is 5.97 Å². The Hall–Kier alpha value is -1.39. The van der Waals surface area contributed by atoms with Crippen LogP contribution in [0.15, 0.2) is 30.3 Å². The number of benzene rings is 1. The molecular weight excluding hydrogens is 244 g/mol. The molecule has 0 N–H and O–H groups in total. The van der Waals surface area contributed by atoms with Crippen LogP contribution in [0.2, 0.25) is 0 Å². The van der Waals surface area contributed by atoms with Crippen LogP contribution in [0.25, 0.3) is 0 Å². The van der Waals surface area contributed by atoms with E-state index in [2.05, 4.69) is 0 Å². The highest BCUT2D eigenvalue weighted by molar-refractivity contribution is 5.72. The summed E-state index contributed by atoms with van der Waals surface area (Å²) in [5.74, 6) is 0.364.